The van der Waals surface area contributed by atoms with Gasteiger partial charge in [-0.3, -0.25) is 0 Å². The first-order valence-electron chi connectivity index (χ1n) is 9.18. The molecule has 3 rings (SSSR count). The van der Waals surface area contributed by atoms with Gasteiger partial charge in [-0.15, -0.1) is 12.4 Å². The van der Waals surface area contributed by atoms with Crippen LogP contribution in [-0.2, 0) is 13.1 Å². The molecule has 3 aromatic rings. The van der Waals surface area contributed by atoms with Gasteiger partial charge in [-0.2, -0.15) is 0 Å². The number of halogens is 3. The standard InChI is InChI=1S/C22H26Cl2N2.ClH/c1-15(2)10-11-25-13-20-16(3)26(22-7-5-4-6-19(20)22)14-17-8-9-18(23)12-21(17)24;/h4-9,12,15,25H,10-11,13-14H2,1-3H3;1H. The Labute approximate surface area is 178 Å². The number of fused-ring (bicyclic) bond motifs is 1. The summed E-state index contributed by atoms with van der Waals surface area (Å²) in [5.41, 5.74) is 4.99. The summed E-state index contributed by atoms with van der Waals surface area (Å²) in [7, 11) is 0. The third-order valence-electron chi connectivity index (χ3n) is 4.91. The van der Waals surface area contributed by atoms with Gasteiger partial charge in [0.05, 0.1) is 0 Å². The van der Waals surface area contributed by atoms with Gasteiger partial charge < -0.3 is 9.88 Å². The molecule has 0 radical (unpaired) electrons. The lowest BCUT2D eigenvalue weighted by Crippen LogP contribution is -2.17. The highest BCUT2D eigenvalue weighted by atomic mass is 35.5. The zero-order chi connectivity index (χ0) is 18.7. The summed E-state index contributed by atoms with van der Waals surface area (Å²) in [6.45, 7) is 9.39. The first kappa shape index (κ1) is 22.1. The average Bonchev–Trinajstić information content (AvgIpc) is 2.86. The van der Waals surface area contributed by atoms with Crippen molar-refractivity contribution >= 4 is 46.5 Å². The first-order valence-corrected chi connectivity index (χ1v) is 9.94. The van der Waals surface area contributed by atoms with E-state index in [0.29, 0.717) is 10.0 Å². The summed E-state index contributed by atoms with van der Waals surface area (Å²) >= 11 is 12.5. The number of benzene rings is 2. The van der Waals surface area contributed by atoms with Crippen LogP contribution in [0, 0.1) is 12.8 Å². The highest BCUT2D eigenvalue weighted by Crippen LogP contribution is 2.29. The van der Waals surface area contributed by atoms with Gasteiger partial charge >= 0.3 is 0 Å². The van der Waals surface area contributed by atoms with Crippen molar-refractivity contribution in [2.75, 3.05) is 6.54 Å². The smallest absolute Gasteiger partial charge is 0.0493 e. The lowest BCUT2D eigenvalue weighted by atomic mass is 10.1. The van der Waals surface area contributed by atoms with Crippen LogP contribution in [0.2, 0.25) is 10.0 Å². The molecule has 0 fully saturated rings. The van der Waals surface area contributed by atoms with E-state index >= 15 is 0 Å². The summed E-state index contributed by atoms with van der Waals surface area (Å²) in [4.78, 5) is 0. The molecule has 0 atom stereocenters. The topological polar surface area (TPSA) is 17.0 Å². The summed E-state index contributed by atoms with van der Waals surface area (Å²) in [5.74, 6) is 0.719. The fourth-order valence-electron chi connectivity index (χ4n) is 3.35. The normalized spacial score (nSPS) is 11.2. The van der Waals surface area contributed by atoms with Gasteiger partial charge in [0.2, 0.25) is 0 Å². The molecule has 0 spiro atoms. The number of hydrogen-bond donors (Lipinski definition) is 1. The molecule has 0 aliphatic carbocycles. The number of para-hydroxylation sites is 1. The number of nitrogens with zero attached hydrogens (tertiary/aromatic N) is 1. The van der Waals surface area contributed by atoms with E-state index in [-0.39, 0.29) is 12.4 Å². The Balaban J connectivity index is 0.00000261. The number of rotatable bonds is 7. The fourth-order valence-corrected chi connectivity index (χ4v) is 3.82. The molecule has 1 heterocycles. The zero-order valence-electron chi connectivity index (χ0n) is 16.1. The number of hydrogen-bond acceptors (Lipinski definition) is 1. The monoisotopic (exact) mass is 424 g/mol. The van der Waals surface area contributed by atoms with Crippen molar-refractivity contribution in [1.29, 1.82) is 0 Å². The molecule has 0 aliphatic rings. The van der Waals surface area contributed by atoms with Crippen LogP contribution < -0.4 is 5.32 Å². The Hall–Kier alpha value is -1.19. The van der Waals surface area contributed by atoms with Crippen molar-refractivity contribution in [3.05, 3.63) is 69.3 Å². The molecule has 2 nitrogen and oxygen atoms in total. The molecule has 146 valence electrons. The number of nitrogens with one attached hydrogen (secondary N) is 1. The Kier molecular flexibility index (Phi) is 8.05. The van der Waals surface area contributed by atoms with Gasteiger partial charge in [-0.05, 0) is 55.1 Å². The van der Waals surface area contributed by atoms with E-state index in [2.05, 4.69) is 54.9 Å². The zero-order valence-corrected chi connectivity index (χ0v) is 18.4. The molecular formula is C22H27Cl3N2. The van der Waals surface area contributed by atoms with Crippen molar-refractivity contribution in [1.82, 2.24) is 9.88 Å². The minimum atomic E-state index is 0. The second-order valence-electron chi connectivity index (χ2n) is 7.26. The average molecular weight is 426 g/mol. The summed E-state index contributed by atoms with van der Waals surface area (Å²) in [6.07, 6.45) is 1.19. The molecule has 0 amide bonds. The molecule has 27 heavy (non-hydrogen) atoms. The van der Waals surface area contributed by atoms with E-state index in [9.17, 15) is 0 Å². The molecule has 1 aromatic heterocycles. The molecule has 2 aromatic carbocycles. The van der Waals surface area contributed by atoms with Crippen LogP contribution in [0.3, 0.4) is 0 Å². The third kappa shape index (κ3) is 5.20. The van der Waals surface area contributed by atoms with E-state index in [4.69, 9.17) is 23.2 Å². The lowest BCUT2D eigenvalue weighted by Gasteiger charge is -2.11. The van der Waals surface area contributed by atoms with Crippen molar-refractivity contribution < 1.29 is 0 Å². The van der Waals surface area contributed by atoms with Crippen LogP contribution in [0.1, 0.15) is 37.1 Å². The molecule has 1 N–H and O–H groups in total. The largest absolute Gasteiger partial charge is 0.340 e. The SMILES string of the molecule is Cc1c(CNCCC(C)C)c2ccccc2n1Cc1ccc(Cl)cc1Cl.Cl. The quantitative estimate of drug-likeness (QED) is 0.409. The van der Waals surface area contributed by atoms with Crippen LogP contribution in [0.15, 0.2) is 42.5 Å². The van der Waals surface area contributed by atoms with Crippen molar-refractivity contribution in [2.45, 2.75) is 40.3 Å². The van der Waals surface area contributed by atoms with E-state index < -0.39 is 0 Å². The maximum Gasteiger partial charge on any atom is 0.0493 e. The van der Waals surface area contributed by atoms with Gasteiger partial charge in [0.15, 0.2) is 0 Å². The minimum absolute atomic E-state index is 0. The Bertz CT molecular complexity index is 900. The van der Waals surface area contributed by atoms with E-state index in [1.54, 1.807) is 0 Å². The Morgan fingerprint density at radius 3 is 2.52 bits per heavy atom. The molecule has 5 heteroatoms. The summed E-state index contributed by atoms with van der Waals surface area (Å²) < 4.78 is 2.35. The second-order valence-corrected chi connectivity index (χ2v) is 8.11. The number of aromatic nitrogens is 1. The van der Waals surface area contributed by atoms with Crippen molar-refractivity contribution in [3.63, 3.8) is 0 Å². The van der Waals surface area contributed by atoms with Crippen molar-refractivity contribution in [2.24, 2.45) is 5.92 Å². The lowest BCUT2D eigenvalue weighted by molar-refractivity contribution is 0.537. The maximum atomic E-state index is 6.41. The van der Waals surface area contributed by atoms with Gasteiger partial charge in [-0.1, -0.05) is 61.3 Å². The van der Waals surface area contributed by atoms with Crippen LogP contribution >= 0.6 is 35.6 Å². The predicted octanol–water partition coefficient (Wildman–Crippen LogP) is 6.86. The predicted molar refractivity (Wildman–Crippen MR) is 121 cm³/mol. The van der Waals surface area contributed by atoms with E-state index in [0.717, 1.165) is 31.1 Å². The second kappa shape index (κ2) is 9.84. The van der Waals surface area contributed by atoms with Gasteiger partial charge in [0.25, 0.3) is 0 Å². The Morgan fingerprint density at radius 2 is 1.81 bits per heavy atom. The molecule has 0 aliphatic heterocycles. The van der Waals surface area contributed by atoms with Gasteiger partial charge in [0.1, 0.15) is 0 Å². The molecular weight excluding hydrogens is 399 g/mol. The van der Waals surface area contributed by atoms with Gasteiger partial charge in [-0.25, -0.2) is 0 Å². The third-order valence-corrected chi connectivity index (χ3v) is 5.49. The Morgan fingerprint density at radius 1 is 1.07 bits per heavy atom. The highest BCUT2D eigenvalue weighted by molar-refractivity contribution is 6.35. The van der Waals surface area contributed by atoms with E-state index in [1.165, 1.54) is 28.6 Å². The molecule has 0 unspecified atom stereocenters. The molecule has 0 bridgehead atoms. The first-order chi connectivity index (χ1) is 12.5. The molecule has 0 saturated heterocycles. The maximum absolute atomic E-state index is 6.41. The molecule has 0 saturated carbocycles. The van der Waals surface area contributed by atoms with Crippen molar-refractivity contribution in [3.8, 4) is 0 Å². The minimum Gasteiger partial charge on any atom is -0.340 e. The van der Waals surface area contributed by atoms with Crippen LogP contribution in [-0.4, -0.2) is 11.1 Å². The summed E-state index contributed by atoms with van der Waals surface area (Å²) in [5, 5.41) is 6.30. The van der Waals surface area contributed by atoms with Crippen LogP contribution in [0.4, 0.5) is 0 Å². The highest BCUT2D eigenvalue weighted by Gasteiger charge is 2.14. The fraction of sp³-hybridized carbons (Fsp3) is 0.364. The van der Waals surface area contributed by atoms with Gasteiger partial charge in [0, 0.05) is 39.7 Å². The van der Waals surface area contributed by atoms with Crippen LogP contribution in [0.5, 0.6) is 0 Å². The summed E-state index contributed by atoms with van der Waals surface area (Å²) in [6, 6.07) is 14.3. The van der Waals surface area contributed by atoms with Crippen LogP contribution in [0.25, 0.3) is 10.9 Å². The van der Waals surface area contributed by atoms with E-state index in [1.807, 2.05) is 18.2 Å².